The molecule has 0 fully saturated rings. The van der Waals surface area contributed by atoms with E-state index in [1.54, 1.807) is 0 Å². The molecule has 1 heterocycles. The molecule has 0 saturated heterocycles. The molecule has 2 aromatic carbocycles. The zero-order chi connectivity index (χ0) is 18.7. The van der Waals surface area contributed by atoms with Crippen molar-refractivity contribution in [2.45, 2.75) is 17.9 Å². The van der Waals surface area contributed by atoms with Gasteiger partial charge in [0.15, 0.2) is 0 Å². The maximum atomic E-state index is 12.9. The fourth-order valence-electron chi connectivity index (χ4n) is 2.48. The van der Waals surface area contributed by atoms with Crippen molar-refractivity contribution >= 4 is 27.8 Å². The summed E-state index contributed by atoms with van der Waals surface area (Å²) in [6.07, 6.45) is -0.0261. The molecule has 2 amide bonds. The van der Waals surface area contributed by atoms with Gasteiger partial charge in [-0.05, 0) is 29.8 Å². The van der Waals surface area contributed by atoms with Crippen molar-refractivity contribution in [3.05, 3.63) is 65.7 Å². The van der Waals surface area contributed by atoms with Crippen molar-refractivity contribution in [3.8, 4) is 0 Å². The molecule has 3 rings (SSSR count). The second-order valence-corrected chi connectivity index (χ2v) is 7.04. The van der Waals surface area contributed by atoms with E-state index in [4.69, 9.17) is 4.55 Å². The van der Waals surface area contributed by atoms with Crippen molar-refractivity contribution in [1.82, 2.24) is 10.3 Å². The second-order valence-electron chi connectivity index (χ2n) is 5.62. The minimum Gasteiger partial charge on any atom is -0.290 e. The number of amides is 2. The van der Waals surface area contributed by atoms with Crippen LogP contribution in [0.5, 0.6) is 0 Å². The van der Waals surface area contributed by atoms with Crippen LogP contribution in [0.25, 0.3) is 0 Å². The fourth-order valence-corrected chi connectivity index (χ4v) is 2.96. The van der Waals surface area contributed by atoms with Crippen LogP contribution in [0, 0.1) is 0 Å². The predicted octanol–water partition coefficient (Wildman–Crippen LogP) is 1.41. The Hall–Kier alpha value is -3.04. The maximum absolute atomic E-state index is 12.9. The molecule has 1 aliphatic rings. The quantitative estimate of drug-likeness (QED) is 0.786. The Morgan fingerprint density at radius 3 is 2.31 bits per heavy atom. The normalized spacial score (nSPS) is 13.9. The van der Waals surface area contributed by atoms with E-state index in [1.165, 1.54) is 17.0 Å². The number of nitrogens with one attached hydrogen (secondary N) is 1. The van der Waals surface area contributed by atoms with E-state index in [-0.39, 0.29) is 35.2 Å². The zero-order valence-electron chi connectivity index (χ0n) is 13.5. The van der Waals surface area contributed by atoms with Crippen LogP contribution in [-0.2, 0) is 21.5 Å². The number of rotatable bonds is 4. The number of carbonyl (C=O) groups excluding carboxylic acids is 2. The Bertz CT molecular complexity index is 969. The average molecular weight is 373 g/mol. The molecule has 1 aliphatic heterocycles. The SMILES string of the molecule is O=C1CC(N(Cc2ccccc2)C(=O)c2ccc(S(=O)(=O)O)cc2)=NN1. The minimum atomic E-state index is -4.34. The lowest BCUT2D eigenvalue weighted by atomic mass is 10.1. The standard InChI is InChI=1S/C17H15N3O5S/c21-16-10-15(18-19-16)20(11-12-4-2-1-3-5-12)17(22)13-6-8-14(9-7-13)26(23,24)25/h1-9H,10-11H2,(H,19,21)(H,23,24,25). The smallest absolute Gasteiger partial charge is 0.290 e. The number of carbonyl (C=O) groups is 2. The van der Waals surface area contributed by atoms with Gasteiger partial charge in [-0.1, -0.05) is 30.3 Å². The molecule has 0 bridgehead atoms. The third kappa shape index (κ3) is 3.95. The summed E-state index contributed by atoms with van der Waals surface area (Å²) in [4.78, 5) is 25.4. The third-order valence-electron chi connectivity index (χ3n) is 3.77. The number of hydrazone groups is 1. The molecule has 0 saturated carbocycles. The maximum Gasteiger partial charge on any atom is 0.294 e. The van der Waals surface area contributed by atoms with Crippen molar-refractivity contribution in [3.63, 3.8) is 0 Å². The third-order valence-corrected chi connectivity index (χ3v) is 4.64. The van der Waals surface area contributed by atoms with Crippen LogP contribution < -0.4 is 5.43 Å². The first-order valence-electron chi connectivity index (χ1n) is 7.63. The molecule has 2 aromatic rings. The summed E-state index contributed by atoms with van der Waals surface area (Å²) in [5.41, 5.74) is 3.36. The highest BCUT2D eigenvalue weighted by molar-refractivity contribution is 7.85. The summed E-state index contributed by atoms with van der Waals surface area (Å²) in [5.74, 6) is -0.471. The molecule has 26 heavy (non-hydrogen) atoms. The number of hydrogen-bond acceptors (Lipinski definition) is 5. The summed E-state index contributed by atoms with van der Waals surface area (Å²) in [6.45, 7) is 0.202. The molecule has 2 N–H and O–H groups in total. The van der Waals surface area contributed by atoms with Gasteiger partial charge in [-0.3, -0.25) is 19.0 Å². The Balaban J connectivity index is 1.90. The van der Waals surface area contributed by atoms with Crippen molar-refractivity contribution in [1.29, 1.82) is 0 Å². The van der Waals surface area contributed by atoms with E-state index in [0.29, 0.717) is 0 Å². The molecular formula is C17H15N3O5S. The molecule has 0 spiro atoms. The van der Waals surface area contributed by atoms with E-state index in [2.05, 4.69) is 10.5 Å². The first kappa shape index (κ1) is 17.8. The Kier molecular flexibility index (Phi) is 4.83. The number of hydrogen-bond donors (Lipinski definition) is 2. The van der Waals surface area contributed by atoms with Gasteiger partial charge in [-0.2, -0.15) is 13.5 Å². The topological polar surface area (TPSA) is 116 Å². The molecule has 8 nitrogen and oxygen atoms in total. The van der Waals surface area contributed by atoms with Gasteiger partial charge in [0.05, 0.1) is 17.9 Å². The second kappa shape index (κ2) is 7.06. The van der Waals surface area contributed by atoms with Crippen LogP contribution in [0.3, 0.4) is 0 Å². The van der Waals surface area contributed by atoms with E-state index in [0.717, 1.165) is 17.7 Å². The summed E-state index contributed by atoms with van der Waals surface area (Å²) in [5, 5.41) is 3.90. The van der Waals surface area contributed by atoms with Crippen molar-refractivity contribution in [2.24, 2.45) is 5.10 Å². The Labute approximate surface area is 149 Å². The first-order valence-corrected chi connectivity index (χ1v) is 9.07. The molecule has 0 radical (unpaired) electrons. The molecule has 0 aromatic heterocycles. The highest BCUT2D eigenvalue weighted by Gasteiger charge is 2.27. The molecule has 0 atom stereocenters. The zero-order valence-corrected chi connectivity index (χ0v) is 14.3. The molecule has 134 valence electrons. The molecule has 9 heteroatoms. The van der Waals surface area contributed by atoms with Crippen LogP contribution in [-0.4, -0.2) is 35.5 Å². The predicted molar refractivity (Wildman–Crippen MR) is 92.8 cm³/mol. The first-order chi connectivity index (χ1) is 12.3. The van der Waals surface area contributed by atoms with Crippen molar-refractivity contribution < 1.29 is 22.6 Å². The minimum absolute atomic E-state index is 0.0261. The van der Waals surface area contributed by atoms with Gasteiger partial charge in [0.1, 0.15) is 5.84 Å². The van der Waals surface area contributed by atoms with Crippen molar-refractivity contribution in [2.75, 3.05) is 0 Å². The summed E-state index contributed by atoms with van der Waals surface area (Å²) in [6, 6.07) is 14.1. The lowest BCUT2D eigenvalue weighted by molar-refractivity contribution is -0.119. The highest BCUT2D eigenvalue weighted by Crippen LogP contribution is 2.16. The van der Waals surface area contributed by atoms with Crippen LogP contribution in [0.1, 0.15) is 22.3 Å². The number of amidine groups is 1. The lowest BCUT2D eigenvalue weighted by Gasteiger charge is -2.22. The Morgan fingerprint density at radius 2 is 1.77 bits per heavy atom. The number of nitrogens with zero attached hydrogens (tertiary/aromatic N) is 2. The van der Waals surface area contributed by atoms with Gasteiger partial charge in [0.25, 0.3) is 16.0 Å². The highest BCUT2D eigenvalue weighted by atomic mass is 32.2. The largest absolute Gasteiger partial charge is 0.294 e. The van der Waals surface area contributed by atoms with Gasteiger partial charge < -0.3 is 0 Å². The summed E-state index contributed by atoms with van der Waals surface area (Å²) < 4.78 is 31.3. The van der Waals surface area contributed by atoms with E-state index in [1.807, 2.05) is 30.3 Å². The molecular weight excluding hydrogens is 358 g/mol. The van der Waals surface area contributed by atoms with Gasteiger partial charge in [0, 0.05) is 5.56 Å². The fraction of sp³-hybridized carbons (Fsp3) is 0.118. The lowest BCUT2D eigenvalue weighted by Crippen LogP contribution is -2.36. The summed E-state index contributed by atoms with van der Waals surface area (Å²) >= 11 is 0. The monoisotopic (exact) mass is 373 g/mol. The van der Waals surface area contributed by atoms with Crippen LogP contribution >= 0.6 is 0 Å². The van der Waals surface area contributed by atoms with Gasteiger partial charge in [-0.15, -0.1) is 0 Å². The van der Waals surface area contributed by atoms with E-state index >= 15 is 0 Å². The summed E-state index contributed by atoms with van der Waals surface area (Å²) in [7, 11) is -4.34. The van der Waals surface area contributed by atoms with Gasteiger partial charge in [-0.25, -0.2) is 5.43 Å². The van der Waals surface area contributed by atoms with E-state index in [9.17, 15) is 18.0 Å². The van der Waals surface area contributed by atoms with Crippen LogP contribution in [0.15, 0.2) is 64.6 Å². The Morgan fingerprint density at radius 1 is 1.12 bits per heavy atom. The average Bonchev–Trinajstić information content (AvgIpc) is 3.05. The number of benzene rings is 2. The van der Waals surface area contributed by atoms with Gasteiger partial charge in [0.2, 0.25) is 5.91 Å². The van der Waals surface area contributed by atoms with Crippen LogP contribution in [0.4, 0.5) is 0 Å². The van der Waals surface area contributed by atoms with Crippen LogP contribution in [0.2, 0.25) is 0 Å². The van der Waals surface area contributed by atoms with E-state index < -0.39 is 16.0 Å². The molecule has 0 aliphatic carbocycles. The van der Waals surface area contributed by atoms with Gasteiger partial charge >= 0.3 is 0 Å². The molecule has 0 unspecified atom stereocenters.